The molecule has 1 rings (SSSR count). The van der Waals surface area contributed by atoms with Crippen molar-refractivity contribution in [3.8, 4) is 0 Å². The zero-order valence-corrected chi connectivity index (χ0v) is 7.44. The van der Waals surface area contributed by atoms with Gasteiger partial charge < -0.3 is 0 Å². The van der Waals surface area contributed by atoms with Crippen molar-refractivity contribution in [2.24, 2.45) is 0 Å². The van der Waals surface area contributed by atoms with Gasteiger partial charge in [0.25, 0.3) is 0 Å². The van der Waals surface area contributed by atoms with Crippen molar-refractivity contribution >= 4 is 5.78 Å². The Labute approximate surface area is 83.0 Å². The zero-order chi connectivity index (χ0) is 11.6. The molecule has 0 radical (unpaired) electrons. The fraction of sp³-hybridized carbons (Fsp3) is 0.100. The molecule has 80 valence electrons. The van der Waals surface area contributed by atoms with Gasteiger partial charge in [0, 0.05) is 5.56 Å². The Balaban J connectivity index is 3.20. The maximum Gasteiger partial charge on any atom is 0.419 e. The molecule has 0 heterocycles. The van der Waals surface area contributed by atoms with Gasteiger partial charge in [0.15, 0.2) is 5.78 Å². The SMILES string of the molecule is C=CC(=O)c1ccc(C(F)(F)F)c(F)c1. The van der Waals surface area contributed by atoms with Crippen LogP contribution < -0.4 is 0 Å². The van der Waals surface area contributed by atoms with E-state index in [1.54, 1.807) is 0 Å². The molecular formula is C10H6F4O. The number of hydrogen-bond donors (Lipinski definition) is 0. The van der Waals surface area contributed by atoms with Crippen molar-refractivity contribution in [2.75, 3.05) is 0 Å². The van der Waals surface area contributed by atoms with Crippen molar-refractivity contribution < 1.29 is 22.4 Å². The number of allylic oxidation sites excluding steroid dienone is 1. The Bertz CT molecular complexity index is 406. The summed E-state index contributed by atoms with van der Waals surface area (Å²) in [6.45, 7) is 3.14. The molecule has 0 aromatic heterocycles. The third kappa shape index (κ3) is 2.43. The molecule has 1 aromatic carbocycles. The van der Waals surface area contributed by atoms with Crippen LogP contribution in [-0.2, 0) is 6.18 Å². The predicted octanol–water partition coefficient (Wildman–Crippen LogP) is 3.21. The number of carbonyl (C=O) groups excluding carboxylic acids is 1. The first-order valence-corrected chi connectivity index (χ1v) is 3.90. The molecule has 0 saturated carbocycles. The first-order chi connectivity index (χ1) is 6.86. The van der Waals surface area contributed by atoms with E-state index in [0.29, 0.717) is 12.1 Å². The first-order valence-electron chi connectivity index (χ1n) is 3.90. The van der Waals surface area contributed by atoms with Crippen LogP contribution in [-0.4, -0.2) is 5.78 Å². The molecule has 1 nitrogen and oxygen atoms in total. The highest BCUT2D eigenvalue weighted by molar-refractivity contribution is 6.04. The van der Waals surface area contributed by atoms with E-state index in [4.69, 9.17) is 0 Å². The lowest BCUT2D eigenvalue weighted by atomic mass is 10.1. The monoisotopic (exact) mass is 218 g/mol. The number of ketones is 1. The van der Waals surface area contributed by atoms with E-state index in [1.807, 2.05) is 0 Å². The standard InChI is InChI=1S/C10H6F4O/c1-2-9(15)6-3-4-7(8(11)5-6)10(12,13)14/h2-5H,1H2. The maximum absolute atomic E-state index is 12.9. The van der Waals surface area contributed by atoms with Crippen LogP contribution in [0.15, 0.2) is 30.9 Å². The van der Waals surface area contributed by atoms with E-state index in [2.05, 4.69) is 6.58 Å². The molecular weight excluding hydrogens is 212 g/mol. The number of rotatable bonds is 2. The van der Waals surface area contributed by atoms with Crippen LogP contribution in [0.2, 0.25) is 0 Å². The molecule has 0 aliphatic rings. The van der Waals surface area contributed by atoms with E-state index in [9.17, 15) is 22.4 Å². The minimum Gasteiger partial charge on any atom is -0.289 e. The van der Waals surface area contributed by atoms with E-state index < -0.39 is 23.3 Å². The minimum absolute atomic E-state index is 0.157. The number of halogens is 4. The van der Waals surface area contributed by atoms with E-state index >= 15 is 0 Å². The lowest BCUT2D eigenvalue weighted by molar-refractivity contribution is -0.140. The summed E-state index contributed by atoms with van der Waals surface area (Å²) in [5.74, 6) is -2.09. The summed E-state index contributed by atoms with van der Waals surface area (Å²) in [6, 6.07) is 1.99. The molecule has 0 atom stereocenters. The molecule has 0 spiro atoms. The Hall–Kier alpha value is -1.65. The van der Waals surface area contributed by atoms with E-state index in [1.165, 1.54) is 0 Å². The maximum atomic E-state index is 12.9. The third-order valence-corrected chi connectivity index (χ3v) is 1.74. The predicted molar refractivity (Wildman–Crippen MR) is 45.9 cm³/mol. The van der Waals surface area contributed by atoms with E-state index in [0.717, 1.165) is 12.1 Å². The molecule has 0 N–H and O–H groups in total. The van der Waals surface area contributed by atoms with Gasteiger partial charge in [-0.25, -0.2) is 4.39 Å². The molecule has 0 saturated heterocycles. The molecule has 0 unspecified atom stereocenters. The van der Waals surface area contributed by atoms with Crippen molar-refractivity contribution in [3.63, 3.8) is 0 Å². The normalized spacial score (nSPS) is 11.2. The van der Waals surface area contributed by atoms with Gasteiger partial charge in [0.1, 0.15) is 5.82 Å². The minimum atomic E-state index is -4.75. The molecule has 1 aromatic rings. The van der Waals surface area contributed by atoms with Crippen LogP contribution in [0, 0.1) is 5.82 Å². The van der Waals surface area contributed by atoms with Crippen LogP contribution >= 0.6 is 0 Å². The highest BCUT2D eigenvalue weighted by atomic mass is 19.4. The van der Waals surface area contributed by atoms with Crippen LogP contribution in [0.25, 0.3) is 0 Å². The lowest BCUT2D eigenvalue weighted by Gasteiger charge is -2.08. The van der Waals surface area contributed by atoms with Crippen molar-refractivity contribution in [3.05, 3.63) is 47.8 Å². The second kappa shape index (κ2) is 3.84. The van der Waals surface area contributed by atoms with Crippen molar-refractivity contribution in [2.45, 2.75) is 6.18 Å². The summed E-state index contributed by atoms with van der Waals surface area (Å²) in [5, 5.41) is 0. The van der Waals surface area contributed by atoms with Gasteiger partial charge in [-0.05, 0) is 18.2 Å². The van der Waals surface area contributed by atoms with Gasteiger partial charge in [-0.3, -0.25) is 4.79 Å². The van der Waals surface area contributed by atoms with E-state index in [-0.39, 0.29) is 5.56 Å². The fourth-order valence-corrected chi connectivity index (χ4v) is 1.02. The summed E-state index contributed by atoms with van der Waals surface area (Å²) in [7, 11) is 0. The molecule has 15 heavy (non-hydrogen) atoms. The second-order valence-electron chi connectivity index (χ2n) is 2.76. The van der Waals surface area contributed by atoms with Gasteiger partial charge in [0.05, 0.1) is 5.56 Å². The summed E-state index contributed by atoms with van der Waals surface area (Å²) >= 11 is 0. The number of carbonyl (C=O) groups is 1. The third-order valence-electron chi connectivity index (χ3n) is 1.74. The summed E-state index contributed by atoms with van der Waals surface area (Å²) < 4.78 is 49.3. The van der Waals surface area contributed by atoms with Crippen LogP contribution in [0.5, 0.6) is 0 Å². The van der Waals surface area contributed by atoms with Crippen LogP contribution in [0.1, 0.15) is 15.9 Å². The number of benzene rings is 1. The second-order valence-corrected chi connectivity index (χ2v) is 2.76. The molecule has 0 aliphatic carbocycles. The van der Waals surface area contributed by atoms with Gasteiger partial charge >= 0.3 is 6.18 Å². The van der Waals surface area contributed by atoms with Gasteiger partial charge in [-0.15, -0.1) is 0 Å². The Morgan fingerprint density at radius 1 is 1.33 bits per heavy atom. The highest BCUT2D eigenvalue weighted by Crippen LogP contribution is 2.31. The topological polar surface area (TPSA) is 17.1 Å². The fourth-order valence-electron chi connectivity index (χ4n) is 1.02. The van der Waals surface area contributed by atoms with Crippen molar-refractivity contribution in [1.82, 2.24) is 0 Å². The van der Waals surface area contributed by atoms with Gasteiger partial charge in [-0.1, -0.05) is 12.6 Å². The Kier molecular flexibility index (Phi) is 2.93. The summed E-state index contributed by atoms with van der Waals surface area (Å²) in [4.78, 5) is 11.0. The Morgan fingerprint density at radius 3 is 2.33 bits per heavy atom. The quantitative estimate of drug-likeness (QED) is 0.423. The molecule has 0 aliphatic heterocycles. The average Bonchev–Trinajstić information content (AvgIpc) is 2.14. The van der Waals surface area contributed by atoms with Gasteiger partial charge in [-0.2, -0.15) is 13.2 Å². The Morgan fingerprint density at radius 2 is 1.93 bits per heavy atom. The highest BCUT2D eigenvalue weighted by Gasteiger charge is 2.34. The van der Waals surface area contributed by atoms with Crippen LogP contribution in [0.4, 0.5) is 17.6 Å². The summed E-state index contributed by atoms with van der Waals surface area (Å²) in [5.41, 5.74) is -1.54. The number of alkyl halides is 3. The van der Waals surface area contributed by atoms with Crippen LogP contribution in [0.3, 0.4) is 0 Å². The molecule has 0 fully saturated rings. The summed E-state index contributed by atoms with van der Waals surface area (Å²) in [6.07, 6.45) is -3.85. The number of hydrogen-bond acceptors (Lipinski definition) is 1. The lowest BCUT2D eigenvalue weighted by Crippen LogP contribution is -2.09. The average molecular weight is 218 g/mol. The molecule has 5 heteroatoms. The zero-order valence-electron chi connectivity index (χ0n) is 7.44. The molecule has 0 bridgehead atoms. The smallest absolute Gasteiger partial charge is 0.289 e. The van der Waals surface area contributed by atoms with Crippen molar-refractivity contribution in [1.29, 1.82) is 0 Å². The largest absolute Gasteiger partial charge is 0.419 e. The first kappa shape index (κ1) is 11.4. The van der Waals surface area contributed by atoms with Gasteiger partial charge in [0.2, 0.25) is 0 Å². The molecule has 0 amide bonds.